The number of hydrogen-bond acceptors (Lipinski definition) is 2. The summed E-state index contributed by atoms with van der Waals surface area (Å²) in [5.74, 6) is 4.54. The van der Waals surface area contributed by atoms with E-state index in [1.54, 1.807) is 6.07 Å². The average molecular weight is 221 g/mol. The Balaban J connectivity index is 2.86. The minimum absolute atomic E-state index is 0.135. The van der Waals surface area contributed by atoms with Gasteiger partial charge < -0.3 is 10.4 Å². The summed E-state index contributed by atoms with van der Waals surface area (Å²) in [4.78, 5) is 10.7. The third-order valence-electron chi connectivity index (χ3n) is 1.89. The monoisotopic (exact) mass is 221 g/mol. The Morgan fingerprint density at radius 1 is 1.56 bits per heavy atom. The van der Waals surface area contributed by atoms with Crippen molar-refractivity contribution in [3.05, 3.63) is 35.1 Å². The fourth-order valence-corrected chi connectivity index (χ4v) is 1.15. The maximum atomic E-state index is 13.3. The molecule has 3 nitrogen and oxygen atoms in total. The van der Waals surface area contributed by atoms with Crippen LogP contribution in [0.5, 0.6) is 0 Å². The molecule has 0 unspecified atom stereocenters. The fourth-order valence-electron chi connectivity index (χ4n) is 1.15. The highest BCUT2D eigenvalue weighted by Gasteiger charge is 2.03. The molecule has 0 saturated heterocycles. The molecule has 1 amide bonds. The molecule has 4 heteroatoms. The van der Waals surface area contributed by atoms with Gasteiger partial charge in [0.25, 0.3) is 0 Å². The summed E-state index contributed by atoms with van der Waals surface area (Å²) >= 11 is 0. The minimum Gasteiger partial charge on any atom is -0.384 e. The fraction of sp³-hybridized carbons (Fsp3) is 0.250. The van der Waals surface area contributed by atoms with Crippen LogP contribution in [0.3, 0.4) is 0 Å². The van der Waals surface area contributed by atoms with Gasteiger partial charge in [0.1, 0.15) is 12.4 Å². The summed E-state index contributed by atoms with van der Waals surface area (Å²) < 4.78 is 13.3. The van der Waals surface area contributed by atoms with Gasteiger partial charge in [-0.25, -0.2) is 4.39 Å². The molecule has 0 heterocycles. The van der Waals surface area contributed by atoms with Gasteiger partial charge in [0.15, 0.2) is 0 Å². The molecule has 0 atom stereocenters. The number of carbonyl (C=O) groups is 1. The zero-order chi connectivity index (χ0) is 12.0. The molecule has 0 aliphatic carbocycles. The van der Waals surface area contributed by atoms with E-state index in [4.69, 9.17) is 5.11 Å². The normalized spacial score (nSPS) is 9.19. The van der Waals surface area contributed by atoms with Crippen molar-refractivity contribution in [3.8, 4) is 11.8 Å². The molecule has 0 spiro atoms. The molecule has 0 aliphatic heterocycles. The van der Waals surface area contributed by atoms with Gasteiger partial charge in [-0.3, -0.25) is 4.79 Å². The largest absolute Gasteiger partial charge is 0.384 e. The van der Waals surface area contributed by atoms with Crippen molar-refractivity contribution in [3.63, 3.8) is 0 Å². The first-order valence-corrected chi connectivity index (χ1v) is 4.76. The Morgan fingerprint density at radius 2 is 2.31 bits per heavy atom. The van der Waals surface area contributed by atoms with Gasteiger partial charge in [0.2, 0.25) is 5.91 Å². The van der Waals surface area contributed by atoms with Gasteiger partial charge in [0.05, 0.1) is 0 Å². The number of amides is 1. The number of aliphatic hydroxyl groups is 1. The Hall–Kier alpha value is -1.86. The molecule has 1 aromatic rings. The van der Waals surface area contributed by atoms with E-state index in [9.17, 15) is 9.18 Å². The van der Waals surface area contributed by atoms with Crippen molar-refractivity contribution in [1.29, 1.82) is 0 Å². The van der Waals surface area contributed by atoms with E-state index < -0.39 is 0 Å². The van der Waals surface area contributed by atoms with Crippen LogP contribution in [0.1, 0.15) is 18.1 Å². The lowest BCUT2D eigenvalue weighted by Crippen LogP contribution is -2.19. The molecule has 0 aliphatic rings. The van der Waals surface area contributed by atoms with E-state index in [1.807, 2.05) is 0 Å². The molecule has 0 saturated carbocycles. The molecule has 2 N–H and O–H groups in total. The van der Waals surface area contributed by atoms with Crippen molar-refractivity contribution in [2.75, 3.05) is 6.61 Å². The van der Waals surface area contributed by atoms with Gasteiger partial charge in [-0.1, -0.05) is 11.8 Å². The van der Waals surface area contributed by atoms with Crippen LogP contribution in [-0.4, -0.2) is 17.6 Å². The summed E-state index contributed by atoms with van der Waals surface area (Å²) in [6, 6.07) is 4.36. The molecule has 0 radical (unpaired) electrons. The number of aliphatic hydroxyl groups excluding tert-OH is 1. The first kappa shape index (κ1) is 12.2. The number of benzene rings is 1. The van der Waals surface area contributed by atoms with Crippen molar-refractivity contribution < 1.29 is 14.3 Å². The van der Waals surface area contributed by atoms with Crippen molar-refractivity contribution in [2.24, 2.45) is 0 Å². The predicted octanol–water partition coefficient (Wildman–Crippen LogP) is 0.806. The highest BCUT2D eigenvalue weighted by atomic mass is 19.1. The number of carbonyl (C=O) groups excluding carboxylic acids is 1. The van der Waals surface area contributed by atoms with Crippen LogP contribution < -0.4 is 5.32 Å². The van der Waals surface area contributed by atoms with Crippen LogP contribution in [-0.2, 0) is 11.3 Å². The van der Waals surface area contributed by atoms with Crippen LogP contribution in [0.2, 0.25) is 0 Å². The number of nitrogens with one attached hydrogen (secondary N) is 1. The van der Waals surface area contributed by atoms with E-state index in [1.165, 1.54) is 19.1 Å². The van der Waals surface area contributed by atoms with Gasteiger partial charge >= 0.3 is 0 Å². The molecule has 84 valence electrons. The molecule has 16 heavy (non-hydrogen) atoms. The molecule has 0 fully saturated rings. The second-order valence-corrected chi connectivity index (χ2v) is 3.18. The maximum absolute atomic E-state index is 13.3. The first-order valence-electron chi connectivity index (χ1n) is 4.76. The van der Waals surface area contributed by atoms with Crippen LogP contribution in [0.4, 0.5) is 4.39 Å². The lowest BCUT2D eigenvalue weighted by atomic mass is 10.1. The zero-order valence-electron chi connectivity index (χ0n) is 8.88. The lowest BCUT2D eigenvalue weighted by molar-refractivity contribution is -0.119. The van der Waals surface area contributed by atoms with E-state index >= 15 is 0 Å². The van der Waals surface area contributed by atoms with Crippen molar-refractivity contribution >= 4 is 5.91 Å². The highest BCUT2D eigenvalue weighted by molar-refractivity contribution is 5.72. The summed E-state index contributed by atoms with van der Waals surface area (Å²) in [6.07, 6.45) is 0. The number of rotatable bonds is 2. The maximum Gasteiger partial charge on any atom is 0.217 e. The topological polar surface area (TPSA) is 49.3 Å². The summed E-state index contributed by atoms with van der Waals surface area (Å²) in [5, 5.41) is 11.0. The number of hydrogen-bond donors (Lipinski definition) is 2. The smallest absolute Gasteiger partial charge is 0.217 e. The Kier molecular flexibility index (Phi) is 4.49. The van der Waals surface area contributed by atoms with E-state index in [2.05, 4.69) is 17.2 Å². The third kappa shape index (κ3) is 3.71. The number of halogens is 1. The van der Waals surface area contributed by atoms with Crippen molar-refractivity contribution in [1.82, 2.24) is 5.32 Å². The second kappa shape index (κ2) is 5.89. The second-order valence-electron chi connectivity index (χ2n) is 3.18. The van der Waals surface area contributed by atoms with Gasteiger partial charge in [0, 0.05) is 24.6 Å². The third-order valence-corrected chi connectivity index (χ3v) is 1.89. The SMILES string of the molecule is CC(=O)NCc1cc(C#CCO)ccc1F. The Bertz CT molecular complexity index is 446. The van der Waals surface area contributed by atoms with E-state index in [0.717, 1.165) is 0 Å². The summed E-state index contributed by atoms with van der Waals surface area (Å²) in [5.41, 5.74) is 0.982. The molecule has 0 bridgehead atoms. The lowest BCUT2D eigenvalue weighted by Gasteiger charge is -2.04. The van der Waals surface area contributed by atoms with Crippen LogP contribution in [0.25, 0.3) is 0 Å². The first-order chi connectivity index (χ1) is 7.63. The predicted molar refractivity (Wildman–Crippen MR) is 57.9 cm³/mol. The summed E-state index contributed by atoms with van der Waals surface area (Å²) in [7, 11) is 0. The average Bonchev–Trinajstić information content (AvgIpc) is 2.26. The summed E-state index contributed by atoms with van der Waals surface area (Å²) in [6.45, 7) is 1.27. The Morgan fingerprint density at radius 3 is 2.94 bits per heavy atom. The minimum atomic E-state index is -0.386. The van der Waals surface area contributed by atoms with Gasteiger partial charge in [-0.2, -0.15) is 0 Å². The Labute approximate surface area is 93.3 Å². The van der Waals surface area contributed by atoms with Gasteiger partial charge in [-0.15, -0.1) is 0 Å². The molecular weight excluding hydrogens is 209 g/mol. The van der Waals surface area contributed by atoms with E-state index in [-0.39, 0.29) is 24.9 Å². The zero-order valence-corrected chi connectivity index (χ0v) is 8.88. The van der Waals surface area contributed by atoms with Crippen LogP contribution in [0, 0.1) is 17.7 Å². The van der Waals surface area contributed by atoms with Gasteiger partial charge in [-0.05, 0) is 18.2 Å². The molecular formula is C12H12FNO2. The molecule has 1 rings (SSSR count). The van der Waals surface area contributed by atoms with E-state index in [0.29, 0.717) is 11.1 Å². The van der Waals surface area contributed by atoms with Crippen LogP contribution >= 0.6 is 0 Å². The standard InChI is InChI=1S/C12H12FNO2/c1-9(16)14-8-11-7-10(3-2-6-15)4-5-12(11)13/h4-5,7,15H,6,8H2,1H3,(H,14,16). The molecule has 1 aromatic carbocycles. The van der Waals surface area contributed by atoms with Crippen LogP contribution in [0.15, 0.2) is 18.2 Å². The molecule has 0 aromatic heterocycles. The quantitative estimate of drug-likeness (QED) is 0.726. The van der Waals surface area contributed by atoms with Crippen molar-refractivity contribution in [2.45, 2.75) is 13.5 Å². The highest BCUT2D eigenvalue weighted by Crippen LogP contribution is 2.09.